The van der Waals surface area contributed by atoms with Crippen LogP contribution in [-0.4, -0.2) is 19.4 Å². The minimum atomic E-state index is -0.586. The highest BCUT2D eigenvalue weighted by Gasteiger charge is 2.02. The number of unbranched alkanes of at least 4 members (excludes halogenated alkanes) is 6. The van der Waals surface area contributed by atoms with Crippen LogP contribution in [0.3, 0.4) is 0 Å². The summed E-state index contributed by atoms with van der Waals surface area (Å²) in [6.07, 6.45) is 7.07. The van der Waals surface area contributed by atoms with Crippen molar-refractivity contribution in [1.82, 2.24) is 0 Å². The third kappa shape index (κ3) is 12.7. The van der Waals surface area contributed by atoms with Gasteiger partial charge in [0.15, 0.2) is 0 Å². The Morgan fingerprint density at radius 1 is 1.00 bits per heavy atom. The molecule has 0 aliphatic carbocycles. The van der Waals surface area contributed by atoms with E-state index < -0.39 is 6.16 Å². The first kappa shape index (κ1) is 15.8. The molecular formula is C13H23NO3. The summed E-state index contributed by atoms with van der Waals surface area (Å²) in [6, 6.07) is 2.04. The maximum atomic E-state index is 11.1. The number of hydrogen-bond acceptors (Lipinski definition) is 4. The molecule has 0 saturated heterocycles. The van der Waals surface area contributed by atoms with Gasteiger partial charge >= 0.3 is 6.16 Å². The number of hydrogen-bond donors (Lipinski definition) is 0. The molecule has 0 aromatic heterocycles. The summed E-state index contributed by atoms with van der Waals surface area (Å²) in [4.78, 5) is 11.1. The molecule has 0 amide bonds. The number of rotatable bonds is 10. The van der Waals surface area contributed by atoms with Crippen LogP contribution in [0, 0.1) is 11.3 Å². The Morgan fingerprint density at radius 2 is 1.59 bits per heavy atom. The molecule has 98 valence electrons. The van der Waals surface area contributed by atoms with Crippen LogP contribution in [-0.2, 0) is 9.47 Å². The first-order valence-electron chi connectivity index (χ1n) is 6.47. The Bertz CT molecular complexity index is 223. The number of carbonyl (C=O) groups is 1. The van der Waals surface area contributed by atoms with Crippen LogP contribution in [0.2, 0.25) is 0 Å². The molecule has 0 rings (SSSR count). The van der Waals surface area contributed by atoms with Crippen LogP contribution >= 0.6 is 0 Å². The largest absolute Gasteiger partial charge is 0.508 e. The van der Waals surface area contributed by atoms with E-state index in [-0.39, 0.29) is 0 Å². The van der Waals surface area contributed by atoms with Crippen molar-refractivity contribution < 1.29 is 14.3 Å². The van der Waals surface area contributed by atoms with Crippen molar-refractivity contribution in [2.75, 3.05) is 13.2 Å². The molecule has 0 heterocycles. The van der Waals surface area contributed by atoms with Gasteiger partial charge in [0.2, 0.25) is 0 Å². The van der Waals surface area contributed by atoms with Gasteiger partial charge in [-0.15, -0.1) is 0 Å². The maximum Gasteiger partial charge on any atom is 0.508 e. The van der Waals surface area contributed by atoms with Gasteiger partial charge in [0.1, 0.15) is 0 Å². The summed E-state index contributed by atoms with van der Waals surface area (Å²) in [5.74, 6) is 0. The van der Waals surface area contributed by atoms with Gasteiger partial charge in [0, 0.05) is 6.42 Å². The minimum Gasteiger partial charge on any atom is -0.434 e. The zero-order valence-corrected chi connectivity index (χ0v) is 10.7. The number of nitriles is 1. The lowest BCUT2D eigenvalue weighted by Gasteiger charge is -2.05. The molecule has 0 bridgehead atoms. The van der Waals surface area contributed by atoms with Gasteiger partial charge in [-0.25, -0.2) is 4.79 Å². The Morgan fingerprint density at radius 3 is 2.18 bits per heavy atom. The molecule has 0 aromatic carbocycles. The first-order chi connectivity index (χ1) is 8.31. The van der Waals surface area contributed by atoms with E-state index in [2.05, 4.69) is 6.92 Å². The monoisotopic (exact) mass is 241 g/mol. The van der Waals surface area contributed by atoms with Crippen LogP contribution in [0.1, 0.15) is 58.3 Å². The summed E-state index contributed by atoms with van der Waals surface area (Å²) in [7, 11) is 0. The van der Waals surface area contributed by atoms with E-state index in [4.69, 9.17) is 14.7 Å². The van der Waals surface area contributed by atoms with Crippen molar-refractivity contribution in [1.29, 1.82) is 5.26 Å². The zero-order valence-electron chi connectivity index (χ0n) is 10.7. The second-order valence-electron chi connectivity index (χ2n) is 3.98. The fourth-order valence-electron chi connectivity index (χ4n) is 1.36. The van der Waals surface area contributed by atoms with Gasteiger partial charge < -0.3 is 9.47 Å². The predicted octanol–water partition coefficient (Wildman–Crippen LogP) is 3.80. The lowest BCUT2D eigenvalue weighted by Crippen LogP contribution is -2.09. The smallest absolute Gasteiger partial charge is 0.434 e. The second kappa shape index (κ2) is 12.8. The molecular weight excluding hydrogens is 218 g/mol. The van der Waals surface area contributed by atoms with Gasteiger partial charge in [-0.05, 0) is 19.3 Å². The van der Waals surface area contributed by atoms with Gasteiger partial charge in [0.05, 0.1) is 19.3 Å². The molecule has 0 N–H and O–H groups in total. The molecule has 0 radical (unpaired) electrons. The standard InChI is InChI=1S/C13H23NO3/c1-2-3-4-5-8-11-16-13(15)17-12-9-6-7-10-14/h2-9,11-12H2,1H3. The molecule has 0 aliphatic rings. The van der Waals surface area contributed by atoms with Crippen molar-refractivity contribution in [2.24, 2.45) is 0 Å². The average Bonchev–Trinajstić information content (AvgIpc) is 2.33. The molecule has 0 aromatic rings. The highest BCUT2D eigenvalue weighted by atomic mass is 16.7. The van der Waals surface area contributed by atoms with E-state index in [1.165, 1.54) is 19.3 Å². The SMILES string of the molecule is CCCCCCCOC(=O)OCCCCC#N. The molecule has 17 heavy (non-hydrogen) atoms. The molecule has 0 aliphatic heterocycles. The van der Waals surface area contributed by atoms with Gasteiger partial charge in [-0.3, -0.25) is 0 Å². The summed E-state index contributed by atoms with van der Waals surface area (Å²) >= 11 is 0. The Kier molecular flexibility index (Phi) is 11.9. The predicted molar refractivity (Wildman–Crippen MR) is 65.5 cm³/mol. The minimum absolute atomic E-state index is 0.344. The fourth-order valence-corrected chi connectivity index (χ4v) is 1.36. The lowest BCUT2D eigenvalue weighted by molar-refractivity contribution is 0.0531. The molecule has 4 heteroatoms. The molecule has 0 spiro atoms. The molecule has 0 saturated carbocycles. The Labute approximate surface area is 104 Å². The topological polar surface area (TPSA) is 59.3 Å². The highest BCUT2D eigenvalue weighted by molar-refractivity contribution is 5.59. The van der Waals surface area contributed by atoms with Crippen LogP contribution in [0.25, 0.3) is 0 Å². The van der Waals surface area contributed by atoms with Crippen molar-refractivity contribution in [3.05, 3.63) is 0 Å². The molecule has 0 unspecified atom stereocenters. The Hall–Kier alpha value is -1.24. The van der Waals surface area contributed by atoms with Gasteiger partial charge in [0.25, 0.3) is 0 Å². The lowest BCUT2D eigenvalue weighted by atomic mass is 10.2. The number of carbonyl (C=O) groups excluding carboxylic acids is 1. The molecule has 0 atom stereocenters. The number of nitrogens with zero attached hydrogens (tertiary/aromatic N) is 1. The summed E-state index contributed by atoms with van der Waals surface area (Å²) in [5.41, 5.74) is 0. The van der Waals surface area contributed by atoms with E-state index in [1.807, 2.05) is 6.07 Å². The normalized spacial score (nSPS) is 9.65. The summed E-state index contributed by atoms with van der Waals surface area (Å²) in [6.45, 7) is 2.96. The van der Waals surface area contributed by atoms with Crippen molar-refractivity contribution in [3.8, 4) is 6.07 Å². The molecule has 0 fully saturated rings. The Balaban J connectivity index is 3.15. The quantitative estimate of drug-likeness (QED) is 0.431. The maximum absolute atomic E-state index is 11.1. The van der Waals surface area contributed by atoms with Gasteiger partial charge in [-0.1, -0.05) is 32.6 Å². The summed E-state index contributed by atoms with van der Waals surface area (Å²) < 4.78 is 9.75. The van der Waals surface area contributed by atoms with Crippen molar-refractivity contribution in [2.45, 2.75) is 58.3 Å². The van der Waals surface area contributed by atoms with E-state index in [9.17, 15) is 4.79 Å². The summed E-state index contributed by atoms with van der Waals surface area (Å²) in [5, 5.41) is 8.30. The third-order valence-corrected chi connectivity index (χ3v) is 2.37. The van der Waals surface area contributed by atoms with Crippen LogP contribution in [0.15, 0.2) is 0 Å². The van der Waals surface area contributed by atoms with E-state index in [1.54, 1.807) is 0 Å². The van der Waals surface area contributed by atoms with E-state index >= 15 is 0 Å². The van der Waals surface area contributed by atoms with E-state index in [0.29, 0.717) is 19.6 Å². The number of ether oxygens (including phenoxy) is 2. The second-order valence-corrected chi connectivity index (χ2v) is 3.98. The highest BCUT2D eigenvalue weighted by Crippen LogP contribution is 2.03. The van der Waals surface area contributed by atoms with Crippen molar-refractivity contribution >= 4 is 6.16 Å². The van der Waals surface area contributed by atoms with Crippen LogP contribution in [0.4, 0.5) is 4.79 Å². The van der Waals surface area contributed by atoms with E-state index in [0.717, 1.165) is 25.7 Å². The van der Waals surface area contributed by atoms with Crippen molar-refractivity contribution in [3.63, 3.8) is 0 Å². The first-order valence-corrected chi connectivity index (χ1v) is 6.47. The van der Waals surface area contributed by atoms with Crippen LogP contribution in [0.5, 0.6) is 0 Å². The zero-order chi connectivity index (χ0) is 12.8. The third-order valence-electron chi connectivity index (χ3n) is 2.37. The average molecular weight is 241 g/mol. The van der Waals surface area contributed by atoms with Gasteiger partial charge in [-0.2, -0.15) is 5.26 Å². The van der Waals surface area contributed by atoms with Crippen LogP contribution < -0.4 is 0 Å². The fraction of sp³-hybridized carbons (Fsp3) is 0.846. The molecule has 4 nitrogen and oxygen atoms in total.